The Hall–Kier alpha value is -2.11. The van der Waals surface area contributed by atoms with E-state index in [1.165, 1.54) is 12.1 Å². The number of aromatic carboxylic acids is 1. The van der Waals surface area contributed by atoms with Crippen LogP contribution in [0.25, 0.3) is 0 Å². The molecule has 1 fully saturated rings. The Morgan fingerprint density at radius 2 is 2.18 bits per heavy atom. The van der Waals surface area contributed by atoms with Gasteiger partial charge in [-0.05, 0) is 25.3 Å². The third-order valence-electron chi connectivity index (χ3n) is 2.75. The van der Waals surface area contributed by atoms with Crippen LogP contribution in [-0.4, -0.2) is 22.1 Å². The van der Waals surface area contributed by atoms with Crippen LogP contribution in [0.2, 0.25) is 0 Å². The summed E-state index contributed by atoms with van der Waals surface area (Å²) < 4.78 is 5.45. The lowest BCUT2D eigenvalue weighted by Gasteiger charge is -2.26. The number of ether oxygens (including phenoxy) is 1. The van der Waals surface area contributed by atoms with E-state index in [9.17, 15) is 14.9 Å². The SMILES string of the molecule is O=C(O)c1ccc([N+](=O)[O-])cc1OC1CCC1. The van der Waals surface area contributed by atoms with Gasteiger partial charge in [-0.2, -0.15) is 0 Å². The van der Waals surface area contributed by atoms with E-state index in [-0.39, 0.29) is 23.1 Å². The standard InChI is InChI=1S/C11H11NO5/c13-11(14)9-5-4-7(12(15)16)6-10(9)17-8-2-1-3-8/h4-6,8H,1-3H2,(H,13,14). The summed E-state index contributed by atoms with van der Waals surface area (Å²) in [6.07, 6.45) is 2.75. The minimum atomic E-state index is -1.14. The highest BCUT2D eigenvalue weighted by Gasteiger charge is 2.23. The average Bonchev–Trinajstić information content (AvgIpc) is 2.22. The fourth-order valence-corrected chi connectivity index (χ4v) is 1.57. The summed E-state index contributed by atoms with van der Waals surface area (Å²) in [5, 5.41) is 19.6. The van der Waals surface area contributed by atoms with Crippen LogP contribution in [0, 0.1) is 10.1 Å². The zero-order valence-corrected chi connectivity index (χ0v) is 8.96. The molecule has 1 aromatic carbocycles. The van der Waals surface area contributed by atoms with E-state index in [4.69, 9.17) is 9.84 Å². The molecule has 1 aliphatic carbocycles. The molecule has 2 rings (SSSR count). The number of carboxylic acid groups (broad SMARTS) is 1. The molecular formula is C11H11NO5. The van der Waals surface area contributed by atoms with Gasteiger partial charge < -0.3 is 9.84 Å². The molecule has 0 atom stereocenters. The monoisotopic (exact) mass is 237 g/mol. The van der Waals surface area contributed by atoms with Gasteiger partial charge in [-0.25, -0.2) is 4.79 Å². The highest BCUT2D eigenvalue weighted by atomic mass is 16.6. The first-order valence-corrected chi connectivity index (χ1v) is 5.26. The largest absolute Gasteiger partial charge is 0.489 e. The minimum absolute atomic E-state index is 0.0184. The number of hydrogen-bond donors (Lipinski definition) is 1. The normalized spacial score (nSPS) is 15.1. The second-order valence-corrected chi connectivity index (χ2v) is 3.91. The van der Waals surface area contributed by atoms with Crippen LogP contribution in [0.5, 0.6) is 5.75 Å². The van der Waals surface area contributed by atoms with Crippen LogP contribution in [0.1, 0.15) is 29.6 Å². The van der Waals surface area contributed by atoms with Gasteiger partial charge in [-0.3, -0.25) is 10.1 Å². The summed E-state index contributed by atoms with van der Waals surface area (Å²) in [6.45, 7) is 0. The minimum Gasteiger partial charge on any atom is -0.489 e. The number of nitrogens with zero attached hydrogens (tertiary/aromatic N) is 1. The Balaban J connectivity index is 2.32. The molecule has 1 N–H and O–H groups in total. The third-order valence-corrected chi connectivity index (χ3v) is 2.75. The summed E-state index contributed by atoms with van der Waals surface area (Å²) in [5.41, 5.74) is -0.202. The highest BCUT2D eigenvalue weighted by Crippen LogP contribution is 2.30. The van der Waals surface area contributed by atoms with Gasteiger partial charge in [0.15, 0.2) is 0 Å². The molecule has 0 saturated heterocycles. The van der Waals surface area contributed by atoms with Crippen LogP contribution < -0.4 is 4.74 Å². The number of carboxylic acids is 1. The van der Waals surface area contributed by atoms with E-state index >= 15 is 0 Å². The van der Waals surface area contributed by atoms with Crippen molar-refractivity contribution in [2.45, 2.75) is 25.4 Å². The maximum atomic E-state index is 10.9. The molecule has 1 saturated carbocycles. The first kappa shape index (κ1) is 11.4. The molecule has 0 unspecified atom stereocenters. The molecule has 0 spiro atoms. The molecule has 0 amide bonds. The maximum Gasteiger partial charge on any atom is 0.339 e. The van der Waals surface area contributed by atoms with E-state index in [1.54, 1.807) is 0 Å². The number of rotatable bonds is 4. The van der Waals surface area contributed by atoms with Crippen molar-refractivity contribution in [2.24, 2.45) is 0 Å². The molecule has 0 heterocycles. The second-order valence-electron chi connectivity index (χ2n) is 3.91. The molecule has 1 aromatic rings. The zero-order valence-electron chi connectivity index (χ0n) is 8.96. The Morgan fingerprint density at radius 3 is 2.65 bits per heavy atom. The molecule has 6 heteroatoms. The first-order valence-electron chi connectivity index (χ1n) is 5.26. The average molecular weight is 237 g/mol. The fraction of sp³-hybridized carbons (Fsp3) is 0.364. The van der Waals surface area contributed by atoms with Crippen molar-refractivity contribution in [1.82, 2.24) is 0 Å². The predicted molar refractivity (Wildman–Crippen MR) is 58.3 cm³/mol. The summed E-state index contributed by atoms with van der Waals surface area (Å²) >= 11 is 0. The molecule has 0 aromatic heterocycles. The lowest BCUT2D eigenvalue weighted by atomic mass is 9.96. The first-order chi connectivity index (χ1) is 8.08. The van der Waals surface area contributed by atoms with Crippen molar-refractivity contribution < 1.29 is 19.6 Å². The Kier molecular flexibility index (Phi) is 2.95. The van der Waals surface area contributed by atoms with Crippen molar-refractivity contribution in [1.29, 1.82) is 0 Å². The van der Waals surface area contributed by atoms with Crippen LogP contribution in [0.15, 0.2) is 18.2 Å². The molecule has 1 aliphatic rings. The maximum absolute atomic E-state index is 10.9. The van der Waals surface area contributed by atoms with E-state index in [0.29, 0.717) is 0 Å². The lowest BCUT2D eigenvalue weighted by Crippen LogP contribution is -2.25. The molecule has 6 nitrogen and oxygen atoms in total. The van der Waals surface area contributed by atoms with E-state index in [2.05, 4.69) is 0 Å². The summed E-state index contributed by atoms with van der Waals surface area (Å²) in [5.74, 6) is -1.06. The van der Waals surface area contributed by atoms with Crippen molar-refractivity contribution >= 4 is 11.7 Å². The topological polar surface area (TPSA) is 89.7 Å². The van der Waals surface area contributed by atoms with Crippen LogP contribution in [-0.2, 0) is 0 Å². The number of hydrogen-bond acceptors (Lipinski definition) is 4. The predicted octanol–water partition coefficient (Wildman–Crippen LogP) is 2.22. The summed E-state index contributed by atoms with van der Waals surface area (Å²) in [7, 11) is 0. The van der Waals surface area contributed by atoms with Crippen molar-refractivity contribution in [3.8, 4) is 5.75 Å². The molecular weight excluding hydrogens is 226 g/mol. The van der Waals surface area contributed by atoms with Gasteiger partial charge in [0.25, 0.3) is 5.69 Å². The van der Waals surface area contributed by atoms with Gasteiger partial charge >= 0.3 is 5.97 Å². The van der Waals surface area contributed by atoms with E-state index in [0.717, 1.165) is 25.3 Å². The number of nitro groups is 1. The van der Waals surface area contributed by atoms with Crippen molar-refractivity contribution in [3.05, 3.63) is 33.9 Å². The number of benzene rings is 1. The lowest BCUT2D eigenvalue weighted by molar-refractivity contribution is -0.385. The van der Waals surface area contributed by atoms with Crippen LogP contribution in [0.4, 0.5) is 5.69 Å². The Morgan fingerprint density at radius 1 is 1.47 bits per heavy atom. The summed E-state index contributed by atoms with van der Waals surface area (Å²) in [4.78, 5) is 21.0. The van der Waals surface area contributed by atoms with Gasteiger partial charge in [0.05, 0.1) is 17.1 Å². The van der Waals surface area contributed by atoms with Gasteiger partial charge in [-0.1, -0.05) is 0 Å². The van der Waals surface area contributed by atoms with Crippen molar-refractivity contribution in [2.75, 3.05) is 0 Å². The van der Waals surface area contributed by atoms with Gasteiger partial charge in [-0.15, -0.1) is 0 Å². The van der Waals surface area contributed by atoms with Crippen LogP contribution >= 0.6 is 0 Å². The van der Waals surface area contributed by atoms with E-state index in [1.807, 2.05) is 0 Å². The smallest absolute Gasteiger partial charge is 0.339 e. The van der Waals surface area contributed by atoms with Gasteiger partial charge in [0, 0.05) is 6.07 Å². The molecule has 0 radical (unpaired) electrons. The Labute approximate surface area is 97.0 Å². The number of nitro benzene ring substituents is 1. The van der Waals surface area contributed by atoms with Gasteiger partial charge in [0.2, 0.25) is 0 Å². The Bertz CT molecular complexity index is 467. The highest BCUT2D eigenvalue weighted by molar-refractivity contribution is 5.91. The molecule has 17 heavy (non-hydrogen) atoms. The fourth-order valence-electron chi connectivity index (χ4n) is 1.57. The molecule has 0 bridgehead atoms. The third kappa shape index (κ3) is 2.35. The van der Waals surface area contributed by atoms with Gasteiger partial charge in [0.1, 0.15) is 11.3 Å². The molecule has 0 aliphatic heterocycles. The molecule has 90 valence electrons. The zero-order chi connectivity index (χ0) is 12.4. The number of carbonyl (C=O) groups is 1. The summed E-state index contributed by atoms with van der Waals surface area (Å²) in [6, 6.07) is 3.54. The van der Waals surface area contributed by atoms with Crippen LogP contribution in [0.3, 0.4) is 0 Å². The quantitative estimate of drug-likeness (QED) is 0.640. The van der Waals surface area contributed by atoms with E-state index < -0.39 is 10.9 Å². The number of non-ortho nitro benzene ring substituents is 1. The second kappa shape index (κ2) is 4.40. The van der Waals surface area contributed by atoms with Crippen molar-refractivity contribution in [3.63, 3.8) is 0 Å².